The zero-order chi connectivity index (χ0) is 19.3. The van der Waals surface area contributed by atoms with E-state index in [4.69, 9.17) is 4.55 Å². The van der Waals surface area contributed by atoms with Gasteiger partial charge in [-0.05, 0) is 0 Å². The van der Waals surface area contributed by atoms with Crippen molar-refractivity contribution in [3.63, 3.8) is 0 Å². The van der Waals surface area contributed by atoms with Crippen LogP contribution in [0.4, 0.5) is 52.7 Å². The molecule has 0 aliphatic rings. The first-order valence-corrected chi connectivity index (χ1v) is 5.93. The number of alkyl halides is 12. The van der Waals surface area contributed by atoms with Crippen LogP contribution in [0.3, 0.4) is 0 Å². The Morgan fingerprint density at radius 3 is 1.39 bits per heavy atom. The summed E-state index contributed by atoms with van der Waals surface area (Å²) in [5.41, 5.74) is 0. The summed E-state index contributed by atoms with van der Waals surface area (Å²) >= 11 is 0. The highest BCUT2D eigenvalue weighted by molar-refractivity contribution is 7.87. The minimum atomic E-state index is -7.79. The average molecular weight is 398 g/mol. The smallest absolute Gasteiger partial charge is 0.281 e. The minimum absolute atomic E-state index is 1.52. The number of hydrogen-bond acceptors (Lipinski definition) is 3. The van der Waals surface area contributed by atoms with Crippen LogP contribution >= 0.6 is 0 Å². The van der Waals surface area contributed by atoms with Crippen LogP contribution in [0.2, 0.25) is 0 Å². The molecule has 0 radical (unpaired) electrons. The molecule has 0 heterocycles. The number of rotatable bonds is 6. The molecule has 0 spiro atoms. The van der Waals surface area contributed by atoms with E-state index in [1.54, 1.807) is 0 Å². The van der Waals surface area contributed by atoms with Crippen molar-refractivity contribution in [1.82, 2.24) is 0 Å². The predicted octanol–water partition coefficient (Wildman–Crippen LogP) is 3.20. The van der Waals surface area contributed by atoms with Gasteiger partial charge in [-0.2, -0.15) is 52.3 Å². The Hall–Kier alpha value is -0.970. The highest BCUT2D eigenvalue weighted by Gasteiger charge is 2.87. The molecule has 0 rings (SSSR count). The molecule has 0 saturated carbocycles. The summed E-state index contributed by atoms with van der Waals surface area (Å²) in [5.74, 6) is -15.4. The van der Waals surface area contributed by atoms with Gasteiger partial charge in [0, 0.05) is 0 Å². The van der Waals surface area contributed by atoms with Gasteiger partial charge in [0.2, 0.25) is 0 Å². The van der Waals surface area contributed by atoms with Crippen LogP contribution in [0.5, 0.6) is 0 Å². The van der Waals surface area contributed by atoms with Crippen LogP contribution in [0.15, 0.2) is 0 Å². The van der Waals surface area contributed by atoms with Crippen molar-refractivity contribution < 1.29 is 70.4 Å². The van der Waals surface area contributed by atoms with Crippen molar-refractivity contribution in [3.8, 4) is 0 Å². The fourth-order valence-corrected chi connectivity index (χ4v) is 1.34. The van der Waals surface area contributed by atoms with Crippen LogP contribution in [-0.4, -0.2) is 48.7 Å². The summed E-state index contributed by atoms with van der Waals surface area (Å²) in [6.45, 7) is 0. The van der Waals surface area contributed by atoms with Crippen molar-refractivity contribution in [3.05, 3.63) is 0 Å². The van der Waals surface area contributed by atoms with Crippen LogP contribution in [-0.2, 0) is 14.9 Å². The van der Waals surface area contributed by atoms with Crippen molar-refractivity contribution in [2.75, 3.05) is 0 Å². The third-order valence-electron chi connectivity index (χ3n) is 1.99. The molecule has 0 aliphatic heterocycles. The summed E-state index contributed by atoms with van der Waals surface area (Å²) < 4.78 is 178. The second-order valence-corrected chi connectivity index (χ2v) is 5.09. The van der Waals surface area contributed by atoms with E-state index in [1.807, 2.05) is 0 Å². The zero-order valence-corrected chi connectivity index (χ0v) is 10.5. The van der Waals surface area contributed by atoms with Gasteiger partial charge in [0.1, 0.15) is 0 Å². The molecule has 0 aliphatic carbocycles. The van der Waals surface area contributed by atoms with Gasteiger partial charge in [-0.15, -0.1) is 0 Å². The number of halogens is 12. The maximum absolute atomic E-state index is 13.2. The Labute approximate surface area is 117 Å². The molecular formula is C6H2F12O4S. The van der Waals surface area contributed by atoms with Crippen molar-refractivity contribution in [2.45, 2.75) is 35.7 Å². The Bertz CT molecular complexity index is 538. The maximum atomic E-state index is 13.2. The predicted molar refractivity (Wildman–Crippen MR) is 43.4 cm³/mol. The van der Waals surface area contributed by atoms with Crippen molar-refractivity contribution >= 4 is 10.1 Å². The van der Waals surface area contributed by atoms with E-state index in [9.17, 15) is 61.1 Å². The van der Waals surface area contributed by atoms with Gasteiger partial charge in [0.25, 0.3) is 0 Å². The Kier molecular flexibility index (Phi) is 5.31. The minimum Gasteiger partial charge on any atom is -0.281 e. The Balaban J connectivity index is 6.43. The molecule has 1 atom stereocenters. The number of ether oxygens (including phenoxy) is 1. The molecule has 0 amide bonds. The molecule has 0 bridgehead atoms. The first kappa shape index (κ1) is 22.0. The zero-order valence-electron chi connectivity index (χ0n) is 9.69. The fourth-order valence-electron chi connectivity index (χ4n) is 0.881. The molecule has 0 aromatic rings. The van der Waals surface area contributed by atoms with Gasteiger partial charge in [0.05, 0.1) is 0 Å². The largest absolute Gasteiger partial charge is 0.455 e. The van der Waals surface area contributed by atoms with Crippen molar-refractivity contribution in [1.29, 1.82) is 0 Å². The summed E-state index contributed by atoms with van der Waals surface area (Å²) in [6.07, 6.45) is -19.6. The highest BCUT2D eigenvalue weighted by Crippen LogP contribution is 2.56. The molecule has 23 heavy (non-hydrogen) atoms. The molecule has 0 aromatic carbocycles. The van der Waals surface area contributed by atoms with Gasteiger partial charge < -0.3 is 0 Å². The summed E-state index contributed by atoms with van der Waals surface area (Å²) in [7, 11) is -7.52. The first-order chi connectivity index (χ1) is 9.65. The molecule has 0 fully saturated rings. The van der Waals surface area contributed by atoms with Gasteiger partial charge in [-0.1, -0.05) is 0 Å². The van der Waals surface area contributed by atoms with Gasteiger partial charge in [-0.3, -0.25) is 9.29 Å². The molecule has 0 aromatic heterocycles. The van der Waals surface area contributed by atoms with E-state index in [2.05, 4.69) is 0 Å². The molecule has 0 saturated heterocycles. The third kappa shape index (κ3) is 3.44. The van der Waals surface area contributed by atoms with E-state index >= 15 is 0 Å². The van der Waals surface area contributed by atoms with Crippen LogP contribution in [0.25, 0.3) is 0 Å². The molecule has 1 N–H and O–H groups in total. The van der Waals surface area contributed by atoms with E-state index < -0.39 is 45.9 Å². The second kappa shape index (κ2) is 5.54. The lowest BCUT2D eigenvalue weighted by Gasteiger charge is -2.38. The van der Waals surface area contributed by atoms with E-state index in [-0.39, 0.29) is 0 Å². The highest BCUT2D eigenvalue weighted by atomic mass is 32.2. The van der Waals surface area contributed by atoms with E-state index in [1.165, 1.54) is 4.74 Å². The Morgan fingerprint density at radius 1 is 0.826 bits per heavy atom. The number of hydrogen-bond donors (Lipinski definition) is 1. The van der Waals surface area contributed by atoms with Crippen LogP contribution in [0.1, 0.15) is 0 Å². The van der Waals surface area contributed by atoms with E-state index in [0.29, 0.717) is 0 Å². The van der Waals surface area contributed by atoms with Gasteiger partial charge >= 0.3 is 45.9 Å². The standard InChI is InChI=1S/C6H2F12O4S/c7-1(8)2(9,10)22-4(13,5(14,15)16)3(11,12)6(17,18)23(19,20)21/h1H,(H,19,20,21)/t4-/m0/s1. The molecule has 140 valence electrons. The lowest BCUT2D eigenvalue weighted by atomic mass is 10.1. The first-order valence-electron chi connectivity index (χ1n) is 4.49. The van der Waals surface area contributed by atoms with Crippen LogP contribution in [0, 0.1) is 0 Å². The van der Waals surface area contributed by atoms with Crippen LogP contribution < -0.4 is 0 Å². The third-order valence-corrected chi connectivity index (χ3v) is 2.89. The quantitative estimate of drug-likeness (QED) is 0.552. The maximum Gasteiger partial charge on any atom is 0.455 e. The lowest BCUT2D eigenvalue weighted by Crippen LogP contribution is -2.68. The average Bonchev–Trinajstić information content (AvgIpc) is 2.24. The molecular weight excluding hydrogens is 396 g/mol. The Morgan fingerprint density at radius 2 is 1.17 bits per heavy atom. The molecule has 17 heteroatoms. The topological polar surface area (TPSA) is 63.6 Å². The monoisotopic (exact) mass is 398 g/mol. The van der Waals surface area contributed by atoms with Crippen molar-refractivity contribution in [2.24, 2.45) is 0 Å². The molecule has 0 unspecified atom stereocenters. The summed E-state index contributed by atoms with van der Waals surface area (Å²) in [4.78, 5) is 0. The lowest BCUT2D eigenvalue weighted by molar-refractivity contribution is -0.485. The fraction of sp³-hybridized carbons (Fsp3) is 1.00. The summed E-state index contributed by atoms with van der Waals surface area (Å²) in [5, 5.41) is -7.37. The van der Waals surface area contributed by atoms with Gasteiger partial charge in [0.15, 0.2) is 0 Å². The normalized spacial score (nSPS) is 18.2. The molecule has 4 nitrogen and oxygen atoms in total. The van der Waals surface area contributed by atoms with E-state index in [0.717, 1.165) is 0 Å². The second-order valence-electron chi connectivity index (χ2n) is 3.62. The SMILES string of the molecule is O=S(=O)(O)C(F)(F)C(F)(F)[C@](F)(OC(F)(F)C(F)F)C(F)(F)F. The summed E-state index contributed by atoms with van der Waals surface area (Å²) in [6, 6.07) is 0. The van der Waals surface area contributed by atoms with Gasteiger partial charge in [-0.25, -0.2) is 8.78 Å².